The Kier molecular flexibility index (Phi) is 4.76. The van der Waals surface area contributed by atoms with E-state index in [9.17, 15) is 9.59 Å². The Morgan fingerprint density at radius 3 is 2.75 bits per heavy atom. The number of fused-ring (bicyclic) bond motifs is 1. The third kappa shape index (κ3) is 3.57. The minimum Gasteiger partial charge on any atom is -0.489 e. The van der Waals surface area contributed by atoms with Crippen LogP contribution in [0.25, 0.3) is 0 Å². The van der Waals surface area contributed by atoms with E-state index in [0.29, 0.717) is 18.0 Å². The lowest BCUT2D eigenvalue weighted by atomic mass is 10.2. The standard InChI is InChI=1S/C20H19N5O3/c1-24-17-9-5-6-10-18(17)28-13-16(20(24)27)21-19(26)15-12-25(23-22-15)11-14-7-3-2-4-8-14/h2-10,12,16H,11,13H2,1H3,(H,21,26)/t16-/m0/s1. The van der Waals surface area contributed by atoms with Crippen molar-refractivity contribution in [3.63, 3.8) is 0 Å². The number of nitrogens with zero attached hydrogens (tertiary/aromatic N) is 4. The molecule has 8 nitrogen and oxygen atoms in total. The summed E-state index contributed by atoms with van der Waals surface area (Å²) in [4.78, 5) is 26.8. The third-order valence-electron chi connectivity index (χ3n) is 4.52. The van der Waals surface area contributed by atoms with E-state index < -0.39 is 11.9 Å². The first-order valence-corrected chi connectivity index (χ1v) is 8.86. The van der Waals surface area contributed by atoms with Gasteiger partial charge in [0.15, 0.2) is 5.69 Å². The number of anilines is 1. The first kappa shape index (κ1) is 17.7. The van der Waals surface area contributed by atoms with E-state index in [4.69, 9.17) is 4.74 Å². The summed E-state index contributed by atoms with van der Waals surface area (Å²) in [5.74, 6) is -0.125. The molecule has 8 heteroatoms. The number of para-hydroxylation sites is 2. The highest BCUT2D eigenvalue weighted by molar-refractivity contribution is 6.02. The van der Waals surface area contributed by atoms with Crippen LogP contribution >= 0.6 is 0 Å². The summed E-state index contributed by atoms with van der Waals surface area (Å²) in [6, 6.07) is 16.2. The molecule has 0 radical (unpaired) electrons. The second-order valence-corrected chi connectivity index (χ2v) is 6.49. The number of benzene rings is 2. The van der Waals surface area contributed by atoms with Crippen LogP contribution in [0.5, 0.6) is 5.75 Å². The molecule has 0 saturated heterocycles. The van der Waals surface area contributed by atoms with Crippen molar-refractivity contribution in [1.29, 1.82) is 0 Å². The number of hydrogen-bond donors (Lipinski definition) is 1. The highest BCUT2D eigenvalue weighted by atomic mass is 16.5. The van der Waals surface area contributed by atoms with E-state index >= 15 is 0 Å². The zero-order valence-electron chi connectivity index (χ0n) is 15.3. The van der Waals surface area contributed by atoms with Crippen molar-refractivity contribution in [3.8, 4) is 5.75 Å². The van der Waals surface area contributed by atoms with Gasteiger partial charge in [0.05, 0.1) is 18.4 Å². The van der Waals surface area contributed by atoms with Gasteiger partial charge in [0.1, 0.15) is 18.4 Å². The van der Waals surface area contributed by atoms with Gasteiger partial charge in [-0.3, -0.25) is 9.59 Å². The molecule has 1 aromatic heterocycles. The van der Waals surface area contributed by atoms with Crippen LogP contribution in [0.1, 0.15) is 16.1 Å². The summed E-state index contributed by atoms with van der Waals surface area (Å²) in [7, 11) is 1.66. The van der Waals surface area contributed by atoms with Gasteiger partial charge in [-0.15, -0.1) is 5.10 Å². The molecule has 0 aliphatic carbocycles. The number of carbonyl (C=O) groups excluding carboxylic acids is 2. The summed E-state index contributed by atoms with van der Waals surface area (Å²) in [5, 5.41) is 10.6. The Morgan fingerprint density at radius 2 is 1.93 bits per heavy atom. The van der Waals surface area contributed by atoms with E-state index in [1.54, 1.807) is 30.1 Å². The van der Waals surface area contributed by atoms with E-state index in [1.807, 2.05) is 42.5 Å². The van der Waals surface area contributed by atoms with Crippen molar-refractivity contribution < 1.29 is 14.3 Å². The van der Waals surface area contributed by atoms with Crippen LogP contribution in [0, 0.1) is 0 Å². The average molecular weight is 377 g/mol. The summed E-state index contributed by atoms with van der Waals surface area (Å²) in [5.41, 5.74) is 1.86. The van der Waals surface area contributed by atoms with Gasteiger partial charge in [-0.1, -0.05) is 47.7 Å². The van der Waals surface area contributed by atoms with Crippen molar-refractivity contribution >= 4 is 17.5 Å². The van der Waals surface area contributed by atoms with Crippen LogP contribution in [-0.2, 0) is 11.3 Å². The van der Waals surface area contributed by atoms with Crippen LogP contribution in [0.2, 0.25) is 0 Å². The first-order valence-electron chi connectivity index (χ1n) is 8.86. The van der Waals surface area contributed by atoms with Gasteiger partial charge >= 0.3 is 0 Å². The fraction of sp³-hybridized carbons (Fsp3) is 0.200. The summed E-state index contributed by atoms with van der Waals surface area (Å²) in [6.07, 6.45) is 1.56. The molecule has 0 saturated carbocycles. The maximum absolute atomic E-state index is 12.7. The number of rotatable bonds is 4. The van der Waals surface area contributed by atoms with E-state index in [2.05, 4.69) is 15.6 Å². The Hall–Kier alpha value is -3.68. The minimum absolute atomic E-state index is 0.0457. The van der Waals surface area contributed by atoms with Crippen LogP contribution < -0.4 is 15.0 Å². The molecule has 0 fully saturated rings. The van der Waals surface area contributed by atoms with Crippen LogP contribution in [0.15, 0.2) is 60.8 Å². The smallest absolute Gasteiger partial charge is 0.274 e. The molecular weight excluding hydrogens is 358 g/mol. The zero-order chi connectivity index (χ0) is 19.5. The molecule has 3 aromatic rings. The molecule has 28 heavy (non-hydrogen) atoms. The number of aromatic nitrogens is 3. The van der Waals surface area contributed by atoms with Crippen LogP contribution in [-0.4, -0.2) is 46.5 Å². The number of nitrogens with one attached hydrogen (secondary N) is 1. The van der Waals surface area contributed by atoms with Gasteiger partial charge in [-0.2, -0.15) is 0 Å². The molecular formula is C20H19N5O3. The summed E-state index contributed by atoms with van der Waals surface area (Å²) in [6.45, 7) is 0.550. The van der Waals surface area contributed by atoms with Gasteiger partial charge < -0.3 is 15.0 Å². The minimum atomic E-state index is -0.816. The lowest BCUT2D eigenvalue weighted by Crippen LogP contribution is -2.49. The van der Waals surface area contributed by atoms with Crippen LogP contribution in [0.4, 0.5) is 5.69 Å². The molecule has 4 rings (SSSR count). The fourth-order valence-electron chi connectivity index (χ4n) is 3.04. The van der Waals surface area contributed by atoms with E-state index in [1.165, 1.54) is 4.90 Å². The Bertz CT molecular complexity index is 1000. The predicted octanol–water partition coefficient (Wildman–Crippen LogP) is 1.48. The fourth-order valence-corrected chi connectivity index (χ4v) is 3.04. The van der Waals surface area contributed by atoms with Gasteiger partial charge in [0.2, 0.25) is 0 Å². The number of hydrogen-bond acceptors (Lipinski definition) is 5. The van der Waals surface area contributed by atoms with Gasteiger partial charge in [-0.05, 0) is 17.7 Å². The number of ether oxygens (including phenoxy) is 1. The zero-order valence-corrected chi connectivity index (χ0v) is 15.3. The van der Waals surface area contributed by atoms with Crippen molar-refractivity contribution in [2.45, 2.75) is 12.6 Å². The average Bonchev–Trinajstić information content (AvgIpc) is 3.15. The monoisotopic (exact) mass is 377 g/mol. The van der Waals surface area contributed by atoms with Crippen molar-refractivity contribution in [3.05, 3.63) is 72.1 Å². The molecule has 1 aliphatic heterocycles. The van der Waals surface area contributed by atoms with Crippen molar-refractivity contribution in [1.82, 2.24) is 20.3 Å². The SMILES string of the molecule is CN1C(=O)[C@@H](NC(=O)c2cn(Cc3ccccc3)nn2)COc2ccccc21. The highest BCUT2D eigenvalue weighted by Crippen LogP contribution is 2.29. The molecule has 2 aromatic carbocycles. The maximum atomic E-state index is 12.7. The third-order valence-corrected chi connectivity index (χ3v) is 4.52. The molecule has 1 N–H and O–H groups in total. The van der Waals surface area contributed by atoms with E-state index in [-0.39, 0.29) is 18.2 Å². The number of likely N-dealkylation sites (N-methyl/N-ethyl adjacent to an activating group) is 1. The molecule has 2 heterocycles. The largest absolute Gasteiger partial charge is 0.489 e. The summed E-state index contributed by atoms with van der Waals surface area (Å²) >= 11 is 0. The Morgan fingerprint density at radius 1 is 1.18 bits per heavy atom. The molecule has 2 amide bonds. The highest BCUT2D eigenvalue weighted by Gasteiger charge is 2.31. The molecule has 1 atom stereocenters. The topological polar surface area (TPSA) is 89.4 Å². The normalized spacial score (nSPS) is 16.1. The predicted molar refractivity (Wildman–Crippen MR) is 102 cm³/mol. The summed E-state index contributed by atoms with van der Waals surface area (Å²) < 4.78 is 7.29. The van der Waals surface area contributed by atoms with Gasteiger partial charge in [0.25, 0.3) is 11.8 Å². The van der Waals surface area contributed by atoms with Gasteiger partial charge in [0, 0.05) is 7.05 Å². The van der Waals surface area contributed by atoms with Crippen molar-refractivity contribution in [2.75, 3.05) is 18.6 Å². The van der Waals surface area contributed by atoms with Gasteiger partial charge in [-0.25, -0.2) is 4.68 Å². The molecule has 0 bridgehead atoms. The Balaban J connectivity index is 1.45. The maximum Gasteiger partial charge on any atom is 0.274 e. The lowest BCUT2D eigenvalue weighted by Gasteiger charge is -2.19. The lowest BCUT2D eigenvalue weighted by molar-refractivity contribution is -0.120. The molecule has 1 aliphatic rings. The second kappa shape index (κ2) is 7.51. The first-order chi connectivity index (χ1) is 13.6. The van der Waals surface area contributed by atoms with Crippen molar-refractivity contribution in [2.24, 2.45) is 0 Å². The quantitative estimate of drug-likeness (QED) is 0.744. The molecule has 0 spiro atoms. The molecule has 142 valence electrons. The number of carbonyl (C=O) groups is 2. The van der Waals surface area contributed by atoms with Crippen LogP contribution in [0.3, 0.4) is 0 Å². The Labute approximate surface area is 161 Å². The molecule has 0 unspecified atom stereocenters. The second-order valence-electron chi connectivity index (χ2n) is 6.49. The van der Waals surface area contributed by atoms with E-state index in [0.717, 1.165) is 5.56 Å². The number of amides is 2.